The van der Waals surface area contributed by atoms with Crippen molar-refractivity contribution in [2.24, 2.45) is 10.7 Å². The van der Waals surface area contributed by atoms with Gasteiger partial charge in [0.25, 0.3) is 0 Å². The zero-order valence-corrected chi connectivity index (χ0v) is 14.6. The molecule has 7 heteroatoms. The van der Waals surface area contributed by atoms with Crippen molar-refractivity contribution in [3.63, 3.8) is 0 Å². The van der Waals surface area contributed by atoms with Crippen molar-refractivity contribution >= 4 is 29.9 Å². The molecule has 0 spiro atoms. The maximum absolute atomic E-state index is 12.3. The van der Waals surface area contributed by atoms with Crippen LogP contribution in [0, 0.1) is 6.92 Å². The Hall–Kier alpha value is -1.12. The number of aliphatic imine (C=N–C) groups is 1. The van der Waals surface area contributed by atoms with Gasteiger partial charge >= 0.3 is 6.61 Å². The minimum atomic E-state index is -2.85. The molecule has 21 heavy (non-hydrogen) atoms. The molecule has 0 fully saturated rings. The second kappa shape index (κ2) is 10.6. The molecule has 0 unspecified atom stereocenters. The van der Waals surface area contributed by atoms with E-state index in [0.29, 0.717) is 11.5 Å². The van der Waals surface area contributed by atoms with Crippen LogP contribution >= 0.6 is 24.0 Å². The van der Waals surface area contributed by atoms with Gasteiger partial charge in [0.15, 0.2) is 5.96 Å². The van der Waals surface area contributed by atoms with Gasteiger partial charge in [-0.3, -0.25) is 0 Å². The Morgan fingerprint density at radius 1 is 1.43 bits per heavy atom. The van der Waals surface area contributed by atoms with Crippen LogP contribution < -0.4 is 15.8 Å². The first-order chi connectivity index (χ1) is 9.52. The van der Waals surface area contributed by atoms with Crippen molar-refractivity contribution in [2.75, 3.05) is 6.54 Å². The van der Waals surface area contributed by atoms with Crippen LogP contribution in [-0.4, -0.2) is 19.1 Å². The zero-order valence-electron chi connectivity index (χ0n) is 12.2. The third-order valence-corrected chi connectivity index (χ3v) is 2.69. The van der Waals surface area contributed by atoms with Crippen LogP contribution in [0.3, 0.4) is 0 Å². The number of halogens is 3. The molecular formula is C14H22F2IN3O. The first-order valence-corrected chi connectivity index (χ1v) is 6.61. The molecule has 0 atom stereocenters. The van der Waals surface area contributed by atoms with Crippen molar-refractivity contribution < 1.29 is 13.5 Å². The second-order valence-electron chi connectivity index (χ2n) is 4.47. The van der Waals surface area contributed by atoms with Gasteiger partial charge in [-0.2, -0.15) is 8.78 Å². The van der Waals surface area contributed by atoms with Crippen LogP contribution in [0.2, 0.25) is 0 Å². The Bertz CT molecular complexity index is 456. The number of nitrogens with zero attached hydrogens (tertiary/aromatic N) is 1. The van der Waals surface area contributed by atoms with Crippen LogP contribution in [0.15, 0.2) is 23.2 Å². The van der Waals surface area contributed by atoms with Crippen molar-refractivity contribution in [1.29, 1.82) is 0 Å². The Morgan fingerprint density at radius 3 is 2.76 bits per heavy atom. The summed E-state index contributed by atoms with van der Waals surface area (Å²) in [5, 5.41) is 2.97. The fraction of sp³-hybridized carbons (Fsp3) is 0.500. The van der Waals surface area contributed by atoms with Crippen LogP contribution in [-0.2, 0) is 6.54 Å². The van der Waals surface area contributed by atoms with Gasteiger partial charge in [0, 0.05) is 12.1 Å². The number of hydrogen-bond acceptors (Lipinski definition) is 2. The molecule has 0 aliphatic carbocycles. The van der Waals surface area contributed by atoms with Gasteiger partial charge in [-0.15, -0.1) is 24.0 Å². The highest BCUT2D eigenvalue weighted by atomic mass is 127. The van der Waals surface area contributed by atoms with E-state index >= 15 is 0 Å². The summed E-state index contributed by atoms with van der Waals surface area (Å²) in [6, 6.07) is 5.00. The van der Waals surface area contributed by atoms with Crippen LogP contribution in [0.4, 0.5) is 8.78 Å². The summed E-state index contributed by atoms with van der Waals surface area (Å²) in [5.74, 6) is 0.443. The third kappa shape index (κ3) is 8.03. The van der Waals surface area contributed by atoms with E-state index in [4.69, 9.17) is 5.73 Å². The lowest BCUT2D eigenvalue weighted by Crippen LogP contribution is -2.32. The van der Waals surface area contributed by atoms with Gasteiger partial charge in [0.1, 0.15) is 5.75 Å². The summed E-state index contributed by atoms with van der Waals surface area (Å²) in [7, 11) is 0. The number of rotatable bonds is 7. The molecule has 1 aromatic carbocycles. The van der Waals surface area contributed by atoms with E-state index in [1.165, 1.54) is 6.07 Å². The monoisotopic (exact) mass is 413 g/mol. The molecular weight excluding hydrogens is 391 g/mol. The van der Waals surface area contributed by atoms with Gasteiger partial charge in [-0.1, -0.05) is 31.0 Å². The molecule has 0 bridgehead atoms. The summed E-state index contributed by atoms with van der Waals surface area (Å²) < 4.78 is 29.1. The van der Waals surface area contributed by atoms with Gasteiger partial charge in [-0.25, -0.2) is 4.99 Å². The maximum atomic E-state index is 12.3. The zero-order chi connectivity index (χ0) is 15.0. The molecule has 1 rings (SSSR count). The molecule has 0 heterocycles. The maximum Gasteiger partial charge on any atom is 0.387 e. The quantitative estimate of drug-likeness (QED) is 0.312. The van der Waals surface area contributed by atoms with E-state index in [2.05, 4.69) is 22.0 Å². The predicted octanol–water partition coefficient (Wildman–Crippen LogP) is 3.42. The summed E-state index contributed by atoms with van der Waals surface area (Å²) in [4.78, 5) is 4.13. The topological polar surface area (TPSA) is 59.6 Å². The molecule has 0 saturated heterocycles. The summed E-state index contributed by atoms with van der Waals surface area (Å²) >= 11 is 0. The molecule has 0 aromatic heterocycles. The second-order valence-corrected chi connectivity index (χ2v) is 4.47. The van der Waals surface area contributed by atoms with Crippen molar-refractivity contribution in [3.05, 3.63) is 29.3 Å². The number of hydrogen-bond donors (Lipinski definition) is 2. The number of nitrogens with one attached hydrogen (secondary N) is 1. The highest BCUT2D eigenvalue weighted by molar-refractivity contribution is 14.0. The summed E-state index contributed by atoms with van der Waals surface area (Å²) in [6.45, 7) is 2.06. The molecule has 0 radical (unpaired) electrons. The van der Waals surface area contributed by atoms with Crippen molar-refractivity contribution in [2.45, 2.75) is 39.8 Å². The number of nitrogens with two attached hydrogens (primary N) is 1. The molecule has 0 aliphatic rings. The van der Waals surface area contributed by atoms with Crippen LogP contribution in [0.1, 0.15) is 30.9 Å². The van der Waals surface area contributed by atoms with Crippen LogP contribution in [0.25, 0.3) is 0 Å². The predicted molar refractivity (Wildman–Crippen MR) is 91.5 cm³/mol. The summed E-state index contributed by atoms with van der Waals surface area (Å²) in [6.07, 6.45) is 2.06. The molecule has 4 nitrogen and oxygen atoms in total. The van der Waals surface area contributed by atoms with E-state index < -0.39 is 6.61 Å². The number of ether oxygens (including phenoxy) is 1. The molecule has 0 amide bonds. The normalized spacial score (nSPS) is 11.2. The molecule has 0 aliphatic heterocycles. The fourth-order valence-electron chi connectivity index (χ4n) is 1.66. The Kier molecular flexibility index (Phi) is 10.0. The van der Waals surface area contributed by atoms with E-state index in [0.717, 1.165) is 24.9 Å². The minimum absolute atomic E-state index is 0. The molecule has 120 valence electrons. The Labute approximate surface area is 141 Å². The number of benzene rings is 1. The highest BCUT2D eigenvalue weighted by Gasteiger charge is 2.09. The first-order valence-electron chi connectivity index (χ1n) is 6.61. The molecule has 1 aromatic rings. The average Bonchev–Trinajstić information content (AvgIpc) is 2.39. The van der Waals surface area contributed by atoms with Gasteiger partial charge < -0.3 is 15.8 Å². The lowest BCUT2D eigenvalue weighted by atomic mass is 10.1. The standard InChI is InChI=1S/C14H21F2N3O.HI/c1-3-4-7-18-14(17)19-9-11-8-10(2)5-6-12(11)20-13(15)16;/h5-6,8,13H,3-4,7,9H2,1-2H3,(H3,17,18,19);1H. The number of guanidine groups is 1. The molecule has 3 N–H and O–H groups in total. The Balaban J connectivity index is 0.00000400. The Morgan fingerprint density at radius 2 is 2.14 bits per heavy atom. The summed E-state index contributed by atoms with van der Waals surface area (Å²) in [5.41, 5.74) is 7.24. The fourth-order valence-corrected chi connectivity index (χ4v) is 1.66. The third-order valence-electron chi connectivity index (χ3n) is 2.69. The lowest BCUT2D eigenvalue weighted by molar-refractivity contribution is -0.0504. The number of alkyl halides is 2. The average molecular weight is 413 g/mol. The SMILES string of the molecule is CCCCNC(N)=NCc1cc(C)ccc1OC(F)F.I. The number of aryl methyl sites for hydroxylation is 1. The minimum Gasteiger partial charge on any atom is -0.434 e. The van der Waals surface area contributed by atoms with Crippen molar-refractivity contribution in [3.8, 4) is 5.75 Å². The largest absolute Gasteiger partial charge is 0.434 e. The molecule has 0 saturated carbocycles. The lowest BCUT2D eigenvalue weighted by Gasteiger charge is -2.10. The van der Waals surface area contributed by atoms with Gasteiger partial charge in [0.2, 0.25) is 0 Å². The van der Waals surface area contributed by atoms with Crippen LogP contribution in [0.5, 0.6) is 5.75 Å². The number of unbranched alkanes of at least 4 members (excludes halogenated alkanes) is 1. The van der Waals surface area contributed by atoms with E-state index in [1.54, 1.807) is 12.1 Å². The van der Waals surface area contributed by atoms with Crippen molar-refractivity contribution in [1.82, 2.24) is 5.32 Å². The van der Waals surface area contributed by atoms with Gasteiger partial charge in [-0.05, 0) is 19.4 Å². The van der Waals surface area contributed by atoms with E-state index in [-0.39, 0.29) is 36.3 Å². The van der Waals surface area contributed by atoms with E-state index in [9.17, 15) is 8.78 Å². The van der Waals surface area contributed by atoms with Gasteiger partial charge in [0.05, 0.1) is 6.54 Å². The smallest absolute Gasteiger partial charge is 0.387 e. The van der Waals surface area contributed by atoms with E-state index in [1.807, 2.05) is 6.92 Å². The highest BCUT2D eigenvalue weighted by Crippen LogP contribution is 2.22. The first kappa shape index (κ1) is 19.9.